The summed E-state index contributed by atoms with van der Waals surface area (Å²) >= 11 is 0. The largest absolute Gasteiger partial charge is 0.504 e. The van der Waals surface area contributed by atoms with Crippen LogP contribution in [0.15, 0.2) is 12.1 Å². The molecule has 104 valence electrons. The number of hydrogen-bond donors (Lipinski definition) is 3. The van der Waals surface area contributed by atoms with E-state index in [4.69, 9.17) is 0 Å². The van der Waals surface area contributed by atoms with Crippen molar-refractivity contribution in [3.8, 4) is 11.5 Å². The van der Waals surface area contributed by atoms with Crippen molar-refractivity contribution in [2.24, 2.45) is 5.92 Å². The van der Waals surface area contributed by atoms with Crippen LogP contribution in [-0.2, 0) is 6.42 Å². The summed E-state index contributed by atoms with van der Waals surface area (Å²) in [5.74, 6) is 0.835. The molecule has 3 N–H and O–H groups in total. The van der Waals surface area contributed by atoms with Crippen molar-refractivity contribution in [2.75, 3.05) is 6.54 Å². The Kier molecular flexibility index (Phi) is 3.65. The number of phenolic OH excluding ortho intramolecular Hbond substituents is 2. The molecule has 0 unspecified atom stereocenters. The summed E-state index contributed by atoms with van der Waals surface area (Å²) in [6.07, 6.45) is 8.91. The lowest BCUT2D eigenvalue weighted by Crippen LogP contribution is -2.31. The van der Waals surface area contributed by atoms with E-state index in [0.29, 0.717) is 6.04 Å². The number of nitrogens with one attached hydrogen (secondary N) is 1. The molecule has 1 fully saturated rings. The monoisotopic (exact) mass is 261 g/mol. The molecular formula is C16H23NO2. The zero-order valence-corrected chi connectivity index (χ0v) is 11.4. The number of phenols is 2. The molecular weight excluding hydrogens is 238 g/mol. The summed E-state index contributed by atoms with van der Waals surface area (Å²) < 4.78 is 0. The molecule has 1 saturated carbocycles. The highest BCUT2D eigenvalue weighted by molar-refractivity contribution is 5.47. The maximum atomic E-state index is 9.72. The van der Waals surface area contributed by atoms with Gasteiger partial charge in [-0.1, -0.05) is 32.1 Å². The molecule has 0 saturated heterocycles. The van der Waals surface area contributed by atoms with Gasteiger partial charge in [0.15, 0.2) is 11.5 Å². The predicted octanol–water partition coefficient (Wildman–Crippen LogP) is 3.26. The smallest absolute Gasteiger partial charge is 0.157 e. The van der Waals surface area contributed by atoms with E-state index in [1.165, 1.54) is 43.2 Å². The Morgan fingerprint density at radius 3 is 2.58 bits per heavy atom. The van der Waals surface area contributed by atoms with Gasteiger partial charge in [0.25, 0.3) is 0 Å². The van der Waals surface area contributed by atoms with Gasteiger partial charge in [-0.05, 0) is 48.6 Å². The van der Waals surface area contributed by atoms with Crippen molar-refractivity contribution >= 4 is 0 Å². The fourth-order valence-electron chi connectivity index (χ4n) is 3.63. The molecule has 0 amide bonds. The Labute approximate surface area is 114 Å². The van der Waals surface area contributed by atoms with Crippen molar-refractivity contribution in [2.45, 2.75) is 51.0 Å². The molecule has 1 aromatic carbocycles. The molecule has 1 aromatic rings. The average Bonchev–Trinajstić information content (AvgIpc) is 2.42. The van der Waals surface area contributed by atoms with Gasteiger partial charge in [0.2, 0.25) is 0 Å². The van der Waals surface area contributed by atoms with Crippen LogP contribution in [0.3, 0.4) is 0 Å². The Bertz CT molecular complexity index is 452. The molecule has 1 heterocycles. The van der Waals surface area contributed by atoms with E-state index >= 15 is 0 Å². The van der Waals surface area contributed by atoms with Crippen molar-refractivity contribution in [3.05, 3.63) is 23.3 Å². The number of benzene rings is 1. The molecule has 1 aliphatic carbocycles. The van der Waals surface area contributed by atoms with Crippen molar-refractivity contribution in [3.63, 3.8) is 0 Å². The Balaban J connectivity index is 1.79. The molecule has 3 nitrogen and oxygen atoms in total. The summed E-state index contributed by atoms with van der Waals surface area (Å²) in [6.45, 7) is 0.967. The van der Waals surface area contributed by atoms with Crippen LogP contribution in [0.4, 0.5) is 0 Å². The lowest BCUT2D eigenvalue weighted by molar-refractivity contribution is 0.294. The number of hydrogen-bond acceptors (Lipinski definition) is 3. The van der Waals surface area contributed by atoms with Crippen LogP contribution < -0.4 is 5.32 Å². The second-order valence-corrected chi connectivity index (χ2v) is 6.04. The highest BCUT2D eigenvalue weighted by Crippen LogP contribution is 2.38. The minimum atomic E-state index is 0.0103. The van der Waals surface area contributed by atoms with Gasteiger partial charge in [0.05, 0.1) is 0 Å². The quantitative estimate of drug-likeness (QED) is 0.716. The van der Waals surface area contributed by atoms with Crippen LogP contribution in [0.1, 0.15) is 55.7 Å². The summed E-state index contributed by atoms with van der Waals surface area (Å²) in [7, 11) is 0. The number of rotatable bonds is 2. The Morgan fingerprint density at radius 2 is 1.79 bits per heavy atom. The summed E-state index contributed by atoms with van der Waals surface area (Å²) in [4.78, 5) is 0. The first kappa shape index (κ1) is 12.8. The highest BCUT2D eigenvalue weighted by Gasteiger charge is 2.25. The maximum Gasteiger partial charge on any atom is 0.157 e. The third-order valence-corrected chi connectivity index (χ3v) is 4.69. The minimum Gasteiger partial charge on any atom is -0.504 e. The molecule has 19 heavy (non-hydrogen) atoms. The molecule has 0 spiro atoms. The van der Waals surface area contributed by atoms with Gasteiger partial charge in [0, 0.05) is 6.04 Å². The predicted molar refractivity (Wildman–Crippen MR) is 75.4 cm³/mol. The first-order valence-electron chi connectivity index (χ1n) is 7.52. The molecule has 3 rings (SSSR count). The summed E-state index contributed by atoms with van der Waals surface area (Å²) in [5.41, 5.74) is 2.38. The second-order valence-electron chi connectivity index (χ2n) is 6.04. The van der Waals surface area contributed by atoms with Crippen molar-refractivity contribution < 1.29 is 10.2 Å². The number of aromatic hydroxyl groups is 2. The van der Waals surface area contributed by atoms with Gasteiger partial charge < -0.3 is 15.5 Å². The second kappa shape index (κ2) is 5.41. The van der Waals surface area contributed by atoms with E-state index < -0.39 is 0 Å². The van der Waals surface area contributed by atoms with Gasteiger partial charge in [0.1, 0.15) is 0 Å². The van der Waals surface area contributed by atoms with Gasteiger partial charge >= 0.3 is 0 Å². The van der Waals surface area contributed by atoms with Crippen molar-refractivity contribution in [1.29, 1.82) is 0 Å². The van der Waals surface area contributed by atoms with Crippen LogP contribution in [0.5, 0.6) is 11.5 Å². The Hall–Kier alpha value is -1.22. The molecule has 3 heteroatoms. The normalized spacial score (nSPS) is 24.1. The first-order chi connectivity index (χ1) is 9.24. The van der Waals surface area contributed by atoms with Crippen LogP contribution in [0.2, 0.25) is 0 Å². The van der Waals surface area contributed by atoms with Crippen LogP contribution in [0.25, 0.3) is 0 Å². The zero-order valence-electron chi connectivity index (χ0n) is 11.4. The van der Waals surface area contributed by atoms with Crippen molar-refractivity contribution in [1.82, 2.24) is 5.32 Å². The lowest BCUT2D eigenvalue weighted by Gasteiger charge is -2.32. The molecule has 0 aromatic heterocycles. The van der Waals surface area contributed by atoms with Gasteiger partial charge in [-0.15, -0.1) is 0 Å². The van der Waals surface area contributed by atoms with E-state index in [2.05, 4.69) is 5.32 Å². The summed E-state index contributed by atoms with van der Waals surface area (Å²) in [6, 6.07) is 3.84. The first-order valence-corrected chi connectivity index (χ1v) is 7.52. The fraction of sp³-hybridized carbons (Fsp3) is 0.625. The molecule has 1 aliphatic heterocycles. The van der Waals surface area contributed by atoms with Crippen LogP contribution in [0, 0.1) is 5.92 Å². The minimum absolute atomic E-state index is 0.0103. The zero-order chi connectivity index (χ0) is 13.2. The number of fused-ring (bicyclic) bond motifs is 1. The third-order valence-electron chi connectivity index (χ3n) is 4.69. The standard InChI is InChI=1S/C16H23NO2/c18-15-9-12-6-7-17-14(13(12)10-16(15)19)8-11-4-2-1-3-5-11/h9-11,14,17-19H,1-8H2/t14-/m0/s1. The third kappa shape index (κ3) is 2.71. The Morgan fingerprint density at radius 1 is 1.05 bits per heavy atom. The lowest BCUT2D eigenvalue weighted by atomic mass is 9.81. The molecule has 0 bridgehead atoms. The average molecular weight is 261 g/mol. The van der Waals surface area contributed by atoms with Gasteiger partial charge in [-0.2, -0.15) is 0 Å². The molecule has 2 aliphatic rings. The van der Waals surface area contributed by atoms with Gasteiger partial charge in [-0.3, -0.25) is 0 Å². The summed E-state index contributed by atoms with van der Waals surface area (Å²) in [5, 5.41) is 22.9. The molecule has 1 atom stereocenters. The maximum absolute atomic E-state index is 9.72. The SMILES string of the molecule is Oc1cc2c(cc1O)[C@H](CC1CCCCC1)NCC2. The van der Waals surface area contributed by atoms with E-state index in [9.17, 15) is 10.2 Å². The van der Waals surface area contributed by atoms with E-state index in [0.717, 1.165) is 25.3 Å². The van der Waals surface area contributed by atoms with Gasteiger partial charge in [-0.25, -0.2) is 0 Å². The highest BCUT2D eigenvalue weighted by atomic mass is 16.3. The van der Waals surface area contributed by atoms with Crippen LogP contribution >= 0.6 is 0 Å². The van der Waals surface area contributed by atoms with E-state index in [-0.39, 0.29) is 11.5 Å². The van der Waals surface area contributed by atoms with Crippen LogP contribution in [-0.4, -0.2) is 16.8 Å². The molecule has 0 radical (unpaired) electrons. The van der Waals surface area contributed by atoms with E-state index in [1.807, 2.05) is 0 Å². The topological polar surface area (TPSA) is 52.5 Å². The fourth-order valence-corrected chi connectivity index (χ4v) is 3.63. The van der Waals surface area contributed by atoms with E-state index in [1.54, 1.807) is 12.1 Å².